The minimum Gasteiger partial charge on any atom is -0.267 e. The van der Waals surface area contributed by atoms with Crippen molar-refractivity contribution in [2.75, 3.05) is 0 Å². The van der Waals surface area contributed by atoms with Crippen LogP contribution in [-0.2, 0) is 0 Å². The van der Waals surface area contributed by atoms with Gasteiger partial charge in [0.05, 0.1) is 6.21 Å². The molecule has 0 atom stereocenters. The SMILES string of the molecule is CC(C=NNC(=O)c1ccccc1)=Cc1ccccc1. The van der Waals surface area contributed by atoms with E-state index in [1.807, 2.05) is 61.5 Å². The first-order valence-corrected chi connectivity index (χ1v) is 6.37. The molecule has 0 spiro atoms. The molecule has 0 unspecified atom stereocenters. The van der Waals surface area contributed by atoms with Crippen molar-refractivity contribution in [2.45, 2.75) is 6.92 Å². The summed E-state index contributed by atoms with van der Waals surface area (Å²) in [5.41, 5.74) is 5.16. The highest BCUT2D eigenvalue weighted by atomic mass is 16.2. The number of nitrogens with zero attached hydrogens (tertiary/aromatic N) is 1. The molecular weight excluding hydrogens is 248 g/mol. The van der Waals surface area contributed by atoms with Crippen molar-refractivity contribution < 1.29 is 4.79 Å². The van der Waals surface area contributed by atoms with Crippen molar-refractivity contribution >= 4 is 18.2 Å². The Hall–Kier alpha value is -2.68. The lowest BCUT2D eigenvalue weighted by molar-refractivity contribution is 0.0955. The van der Waals surface area contributed by atoms with Gasteiger partial charge in [0.2, 0.25) is 0 Å². The molecule has 0 heterocycles. The van der Waals surface area contributed by atoms with Crippen molar-refractivity contribution in [1.29, 1.82) is 0 Å². The van der Waals surface area contributed by atoms with Crippen LogP contribution in [-0.4, -0.2) is 12.1 Å². The van der Waals surface area contributed by atoms with E-state index in [0.29, 0.717) is 5.56 Å². The van der Waals surface area contributed by atoms with E-state index in [2.05, 4.69) is 10.5 Å². The first kappa shape index (κ1) is 13.7. The number of amides is 1. The summed E-state index contributed by atoms with van der Waals surface area (Å²) < 4.78 is 0. The molecule has 1 N–H and O–H groups in total. The second-order valence-electron chi connectivity index (χ2n) is 4.36. The quantitative estimate of drug-likeness (QED) is 0.666. The molecule has 100 valence electrons. The highest BCUT2D eigenvalue weighted by molar-refractivity contribution is 5.95. The molecule has 0 aliphatic heterocycles. The molecule has 3 heteroatoms. The molecule has 0 saturated heterocycles. The molecule has 0 saturated carbocycles. The van der Waals surface area contributed by atoms with Crippen LogP contribution in [0, 0.1) is 0 Å². The Morgan fingerprint density at radius 3 is 2.25 bits per heavy atom. The molecule has 3 nitrogen and oxygen atoms in total. The fraction of sp³-hybridized carbons (Fsp3) is 0.0588. The van der Waals surface area contributed by atoms with Gasteiger partial charge in [-0.3, -0.25) is 4.79 Å². The van der Waals surface area contributed by atoms with Gasteiger partial charge in [0, 0.05) is 5.56 Å². The third-order valence-corrected chi connectivity index (χ3v) is 2.66. The van der Waals surface area contributed by atoms with E-state index < -0.39 is 0 Å². The number of rotatable bonds is 4. The van der Waals surface area contributed by atoms with Crippen molar-refractivity contribution in [3.63, 3.8) is 0 Å². The van der Waals surface area contributed by atoms with Gasteiger partial charge >= 0.3 is 0 Å². The lowest BCUT2D eigenvalue weighted by Crippen LogP contribution is -2.17. The predicted octanol–water partition coefficient (Wildman–Crippen LogP) is 3.51. The Balaban J connectivity index is 1.94. The molecule has 0 bridgehead atoms. The lowest BCUT2D eigenvalue weighted by Gasteiger charge is -1.99. The van der Waals surface area contributed by atoms with Crippen molar-refractivity contribution in [1.82, 2.24) is 5.43 Å². The summed E-state index contributed by atoms with van der Waals surface area (Å²) in [6, 6.07) is 19.0. The molecule has 2 aromatic rings. The third-order valence-electron chi connectivity index (χ3n) is 2.66. The fourth-order valence-electron chi connectivity index (χ4n) is 1.70. The van der Waals surface area contributed by atoms with Gasteiger partial charge < -0.3 is 0 Å². The minimum atomic E-state index is -0.214. The summed E-state index contributed by atoms with van der Waals surface area (Å²) >= 11 is 0. The van der Waals surface area contributed by atoms with Crippen LogP contribution >= 0.6 is 0 Å². The third kappa shape index (κ3) is 4.21. The molecule has 0 aliphatic rings. The van der Waals surface area contributed by atoms with Crippen LogP contribution in [0.3, 0.4) is 0 Å². The summed E-state index contributed by atoms with van der Waals surface area (Å²) in [6.45, 7) is 1.94. The topological polar surface area (TPSA) is 41.5 Å². The van der Waals surface area contributed by atoms with E-state index in [-0.39, 0.29) is 5.91 Å². The fourth-order valence-corrected chi connectivity index (χ4v) is 1.70. The Morgan fingerprint density at radius 1 is 1.00 bits per heavy atom. The number of hydrazone groups is 1. The van der Waals surface area contributed by atoms with Gasteiger partial charge in [-0.05, 0) is 30.2 Å². The molecule has 2 aromatic carbocycles. The molecule has 1 amide bonds. The Morgan fingerprint density at radius 2 is 1.60 bits per heavy atom. The van der Waals surface area contributed by atoms with E-state index >= 15 is 0 Å². The van der Waals surface area contributed by atoms with E-state index in [0.717, 1.165) is 11.1 Å². The van der Waals surface area contributed by atoms with Gasteiger partial charge in [-0.25, -0.2) is 5.43 Å². The van der Waals surface area contributed by atoms with E-state index in [1.54, 1.807) is 18.3 Å². The molecule has 20 heavy (non-hydrogen) atoms. The molecule has 0 aliphatic carbocycles. The molecule has 0 aromatic heterocycles. The summed E-state index contributed by atoms with van der Waals surface area (Å²) in [6.07, 6.45) is 3.63. The Labute approximate surface area is 118 Å². The number of carbonyl (C=O) groups is 1. The van der Waals surface area contributed by atoms with Gasteiger partial charge in [0.25, 0.3) is 5.91 Å². The second-order valence-corrected chi connectivity index (χ2v) is 4.36. The van der Waals surface area contributed by atoms with Crippen molar-refractivity contribution in [2.24, 2.45) is 5.10 Å². The number of benzene rings is 2. The largest absolute Gasteiger partial charge is 0.271 e. The molecular formula is C17H16N2O. The van der Waals surface area contributed by atoms with Crippen LogP contribution in [0.1, 0.15) is 22.8 Å². The van der Waals surface area contributed by atoms with Crippen LogP contribution in [0.4, 0.5) is 0 Å². The van der Waals surface area contributed by atoms with E-state index in [1.165, 1.54) is 0 Å². The number of nitrogens with one attached hydrogen (secondary N) is 1. The van der Waals surface area contributed by atoms with Crippen LogP contribution in [0.2, 0.25) is 0 Å². The maximum absolute atomic E-state index is 11.7. The van der Waals surface area contributed by atoms with Crippen molar-refractivity contribution in [3.8, 4) is 0 Å². The Kier molecular flexibility index (Phi) is 4.84. The summed E-state index contributed by atoms with van der Waals surface area (Å²) in [5, 5.41) is 3.95. The zero-order valence-electron chi connectivity index (χ0n) is 11.3. The van der Waals surface area contributed by atoms with Crippen LogP contribution in [0.15, 0.2) is 71.3 Å². The normalized spacial score (nSPS) is 11.6. The first-order chi connectivity index (χ1) is 9.75. The van der Waals surface area contributed by atoms with Crippen LogP contribution in [0.25, 0.3) is 6.08 Å². The number of hydrogen-bond donors (Lipinski definition) is 1. The first-order valence-electron chi connectivity index (χ1n) is 6.37. The standard InChI is InChI=1S/C17H16N2O/c1-14(12-15-8-4-2-5-9-15)13-18-19-17(20)16-10-6-3-7-11-16/h2-13H,1H3,(H,19,20). The number of hydrogen-bond acceptors (Lipinski definition) is 2. The molecule has 0 radical (unpaired) electrons. The van der Waals surface area contributed by atoms with Crippen LogP contribution in [0.5, 0.6) is 0 Å². The minimum absolute atomic E-state index is 0.214. The average molecular weight is 264 g/mol. The summed E-state index contributed by atoms with van der Waals surface area (Å²) in [4.78, 5) is 11.7. The maximum Gasteiger partial charge on any atom is 0.271 e. The second kappa shape index (κ2) is 7.04. The Bertz CT molecular complexity index is 616. The van der Waals surface area contributed by atoms with E-state index in [4.69, 9.17) is 0 Å². The lowest BCUT2D eigenvalue weighted by atomic mass is 10.1. The van der Waals surface area contributed by atoms with Gasteiger partial charge in [-0.15, -0.1) is 0 Å². The number of allylic oxidation sites excluding steroid dienone is 1. The van der Waals surface area contributed by atoms with Gasteiger partial charge in [-0.1, -0.05) is 54.6 Å². The summed E-state index contributed by atoms with van der Waals surface area (Å²) in [5.74, 6) is -0.214. The van der Waals surface area contributed by atoms with E-state index in [9.17, 15) is 4.79 Å². The van der Waals surface area contributed by atoms with Crippen LogP contribution < -0.4 is 5.43 Å². The number of carbonyl (C=O) groups excluding carboxylic acids is 1. The highest BCUT2D eigenvalue weighted by Gasteiger charge is 2.01. The van der Waals surface area contributed by atoms with Gasteiger partial charge in [0.15, 0.2) is 0 Å². The summed E-state index contributed by atoms with van der Waals surface area (Å²) in [7, 11) is 0. The van der Waals surface area contributed by atoms with Crippen molar-refractivity contribution in [3.05, 3.63) is 77.4 Å². The highest BCUT2D eigenvalue weighted by Crippen LogP contribution is 2.04. The average Bonchev–Trinajstić information content (AvgIpc) is 2.49. The molecule has 0 fully saturated rings. The predicted molar refractivity (Wildman–Crippen MR) is 82.5 cm³/mol. The smallest absolute Gasteiger partial charge is 0.267 e. The zero-order chi connectivity index (χ0) is 14.2. The zero-order valence-corrected chi connectivity index (χ0v) is 11.3. The molecule has 2 rings (SSSR count). The van der Waals surface area contributed by atoms with Gasteiger partial charge in [0.1, 0.15) is 0 Å². The maximum atomic E-state index is 11.7. The monoisotopic (exact) mass is 264 g/mol. The van der Waals surface area contributed by atoms with Gasteiger partial charge in [-0.2, -0.15) is 5.10 Å².